The fraction of sp³-hybridized carbons (Fsp3) is 0.273. The van der Waals surface area contributed by atoms with Crippen LogP contribution in [0.15, 0.2) is 59.6 Å². The molecule has 0 aliphatic carbocycles. The summed E-state index contributed by atoms with van der Waals surface area (Å²) in [6.07, 6.45) is 3.18. The van der Waals surface area contributed by atoms with Crippen molar-refractivity contribution < 1.29 is 13.2 Å². The summed E-state index contributed by atoms with van der Waals surface area (Å²) in [5, 5.41) is 0. The van der Waals surface area contributed by atoms with Crippen LogP contribution in [-0.2, 0) is 29.4 Å². The van der Waals surface area contributed by atoms with Crippen LogP contribution < -0.4 is 4.74 Å². The molecular formula is C22H23N3O3S. The van der Waals surface area contributed by atoms with Gasteiger partial charge in [0.05, 0.1) is 17.7 Å². The molecule has 0 amide bonds. The Morgan fingerprint density at radius 1 is 1.07 bits per heavy atom. The lowest BCUT2D eigenvalue weighted by Crippen LogP contribution is -2.36. The lowest BCUT2D eigenvalue weighted by Gasteiger charge is -2.27. The first-order valence-corrected chi connectivity index (χ1v) is 11.0. The van der Waals surface area contributed by atoms with Crippen molar-refractivity contribution in [1.82, 2.24) is 14.3 Å². The van der Waals surface area contributed by atoms with Gasteiger partial charge in [-0.05, 0) is 48.4 Å². The summed E-state index contributed by atoms with van der Waals surface area (Å²) in [5.74, 6) is 1.41. The number of fused-ring (bicyclic) bond motifs is 1. The lowest BCUT2D eigenvalue weighted by molar-refractivity contribution is 0.387. The van der Waals surface area contributed by atoms with Crippen LogP contribution in [0.5, 0.6) is 5.75 Å². The van der Waals surface area contributed by atoms with E-state index in [2.05, 4.69) is 9.97 Å². The molecule has 0 saturated carbocycles. The number of rotatable bonds is 5. The molecule has 0 unspecified atom stereocenters. The van der Waals surface area contributed by atoms with Gasteiger partial charge in [0.2, 0.25) is 10.0 Å². The van der Waals surface area contributed by atoms with Gasteiger partial charge >= 0.3 is 0 Å². The number of sulfonamides is 1. The van der Waals surface area contributed by atoms with Crippen LogP contribution in [-0.4, -0.2) is 36.3 Å². The predicted octanol–water partition coefficient (Wildman–Crippen LogP) is 3.46. The van der Waals surface area contributed by atoms with E-state index < -0.39 is 10.0 Å². The number of hydrogen-bond donors (Lipinski definition) is 0. The number of nitrogens with zero attached hydrogens (tertiary/aromatic N) is 3. The predicted molar refractivity (Wildman–Crippen MR) is 111 cm³/mol. The van der Waals surface area contributed by atoms with E-state index in [1.807, 2.05) is 43.3 Å². The number of methoxy groups -OCH3 is 1. The summed E-state index contributed by atoms with van der Waals surface area (Å²) in [7, 11) is -1.91. The summed E-state index contributed by atoms with van der Waals surface area (Å²) in [6.45, 7) is 2.74. The van der Waals surface area contributed by atoms with E-state index in [4.69, 9.17) is 4.74 Å². The third-order valence-corrected chi connectivity index (χ3v) is 7.08. The molecule has 1 aromatic heterocycles. The average Bonchev–Trinajstić information content (AvgIpc) is 2.78. The lowest BCUT2D eigenvalue weighted by atomic mass is 10.1. The zero-order valence-corrected chi connectivity index (χ0v) is 17.3. The van der Waals surface area contributed by atoms with E-state index in [-0.39, 0.29) is 6.54 Å². The summed E-state index contributed by atoms with van der Waals surface area (Å²) < 4.78 is 32.7. The molecule has 6 nitrogen and oxygen atoms in total. The van der Waals surface area contributed by atoms with E-state index in [9.17, 15) is 8.42 Å². The average molecular weight is 410 g/mol. The molecule has 0 fully saturated rings. The van der Waals surface area contributed by atoms with Gasteiger partial charge in [-0.25, -0.2) is 18.4 Å². The van der Waals surface area contributed by atoms with Crippen LogP contribution in [0.1, 0.15) is 23.7 Å². The molecule has 3 aromatic rings. The fourth-order valence-corrected chi connectivity index (χ4v) is 4.84. The van der Waals surface area contributed by atoms with Gasteiger partial charge in [-0.15, -0.1) is 0 Å². The molecule has 0 radical (unpaired) electrons. The SMILES string of the molecule is CCc1ccc(S(=O)(=O)N2CCc3nc(-c4ccc(OC)cc4)ncc3C2)cc1. The monoisotopic (exact) mass is 409 g/mol. The molecule has 0 N–H and O–H groups in total. The van der Waals surface area contributed by atoms with E-state index in [1.165, 1.54) is 4.31 Å². The molecule has 2 aromatic carbocycles. The Hall–Kier alpha value is -2.77. The number of aromatic nitrogens is 2. The highest BCUT2D eigenvalue weighted by atomic mass is 32.2. The first kappa shape index (κ1) is 19.5. The van der Waals surface area contributed by atoms with Crippen LogP contribution >= 0.6 is 0 Å². The second kappa shape index (κ2) is 7.93. The molecule has 0 saturated heterocycles. The first-order valence-electron chi connectivity index (χ1n) is 9.59. The van der Waals surface area contributed by atoms with Crippen molar-refractivity contribution in [3.8, 4) is 17.1 Å². The van der Waals surface area contributed by atoms with Crippen molar-refractivity contribution in [3.05, 3.63) is 71.5 Å². The number of hydrogen-bond acceptors (Lipinski definition) is 5. The Bertz CT molecular complexity index is 1110. The van der Waals surface area contributed by atoms with E-state index in [0.29, 0.717) is 23.7 Å². The molecule has 4 rings (SSSR count). The maximum Gasteiger partial charge on any atom is 0.243 e. The Kier molecular flexibility index (Phi) is 5.34. The quantitative estimate of drug-likeness (QED) is 0.645. The molecule has 29 heavy (non-hydrogen) atoms. The van der Waals surface area contributed by atoms with Gasteiger partial charge in [0, 0.05) is 36.8 Å². The molecule has 0 bridgehead atoms. The van der Waals surface area contributed by atoms with Crippen LogP contribution in [0.4, 0.5) is 0 Å². The van der Waals surface area contributed by atoms with Crippen molar-refractivity contribution in [2.75, 3.05) is 13.7 Å². The van der Waals surface area contributed by atoms with Gasteiger partial charge in [-0.3, -0.25) is 0 Å². The van der Waals surface area contributed by atoms with Crippen molar-refractivity contribution in [3.63, 3.8) is 0 Å². The minimum atomic E-state index is -3.54. The second-order valence-electron chi connectivity index (χ2n) is 6.98. The third-order valence-electron chi connectivity index (χ3n) is 5.22. The zero-order valence-electron chi connectivity index (χ0n) is 16.5. The Morgan fingerprint density at radius 2 is 1.79 bits per heavy atom. The summed E-state index contributed by atoms with van der Waals surface area (Å²) in [6, 6.07) is 14.7. The second-order valence-corrected chi connectivity index (χ2v) is 8.92. The maximum absolute atomic E-state index is 13.0. The van der Waals surface area contributed by atoms with Crippen LogP contribution in [0.3, 0.4) is 0 Å². The molecular weight excluding hydrogens is 386 g/mol. The molecule has 1 aliphatic rings. The number of aryl methyl sites for hydroxylation is 1. The van der Waals surface area contributed by atoms with Crippen molar-refractivity contribution in [1.29, 1.82) is 0 Å². The van der Waals surface area contributed by atoms with Gasteiger partial charge in [0.25, 0.3) is 0 Å². The van der Waals surface area contributed by atoms with Crippen LogP contribution in [0.25, 0.3) is 11.4 Å². The topological polar surface area (TPSA) is 72.4 Å². The van der Waals surface area contributed by atoms with Gasteiger partial charge in [-0.2, -0.15) is 4.31 Å². The van der Waals surface area contributed by atoms with Crippen LogP contribution in [0.2, 0.25) is 0 Å². The summed E-state index contributed by atoms with van der Waals surface area (Å²) >= 11 is 0. The van der Waals surface area contributed by atoms with Gasteiger partial charge in [0.15, 0.2) is 5.82 Å². The van der Waals surface area contributed by atoms with Crippen molar-refractivity contribution in [2.45, 2.75) is 31.2 Å². The van der Waals surface area contributed by atoms with Crippen molar-refractivity contribution in [2.24, 2.45) is 0 Å². The van der Waals surface area contributed by atoms with E-state index >= 15 is 0 Å². The molecule has 150 valence electrons. The largest absolute Gasteiger partial charge is 0.497 e. The Balaban J connectivity index is 1.56. The number of benzene rings is 2. The summed E-state index contributed by atoms with van der Waals surface area (Å²) in [5.41, 5.74) is 3.77. The standard InChI is InChI=1S/C22H23N3O3S/c1-3-16-4-10-20(11-5-16)29(26,27)25-13-12-21-18(15-25)14-23-22(24-21)17-6-8-19(28-2)9-7-17/h4-11,14H,3,12-13,15H2,1-2H3. The molecule has 0 atom stereocenters. The summed E-state index contributed by atoms with van der Waals surface area (Å²) in [4.78, 5) is 9.46. The van der Waals surface area contributed by atoms with E-state index in [0.717, 1.165) is 34.6 Å². The molecule has 7 heteroatoms. The smallest absolute Gasteiger partial charge is 0.243 e. The van der Waals surface area contributed by atoms with Gasteiger partial charge in [0.1, 0.15) is 5.75 Å². The van der Waals surface area contributed by atoms with Crippen molar-refractivity contribution >= 4 is 10.0 Å². The number of ether oxygens (including phenoxy) is 1. The minimum absolute atomic E-state index is 0.288. The normalized spacial score (nSPS) is 14.4. The molecule has 1 aliphatic heterocycles. The van der Waals surface area contributed by atoms with E-state index in [1.54, 1.807) is 25.4 Å². The highest BCUT2D eigenvalue weighted by Crippen LogP contribution is 2.26. The van der Waals surface area contributed by atoms with Crippen LogP contribution in [0, 0.1) is 0 Å². The Labute approximate surface area is 171 Å². The Morgan fingerprint density at radius 3 is 2.45 bits per heavy atom. The van der Waals surface area contributed by atoms with Gasteiger partial charge < -0.3 is 4.74 Å². The fourth-order valence-electron chi connectivity index (χ4n) is 3.42. The zero-order chi connectivity index (χ0) is 20.4. The molecule has 0 spiro atoms. The minimum Gasteiger partial charge on any atom is -0.497 e. The molecule has 2 heterocycles. The highest BCUT2D eigenvalue weighted by Gasteiger charge is 2.29. The van der Waals surface area contributed by atoms with Gasteiger partial charge in [-0.1, -0.05) is 19.1 Å². The third kappa shape index (κ3) is 3.88. The first-order chi connectivity index (χ1) is 14.0. The maximum atomic E-state index is 13.0. The highest BCUT2D eigenvalue weighted by molar-refractivity contribution is 7.89.